The van der Waals surface area contributed by atoms with E-state index in [0.29, 0.717) is 42.3 Å². The molecule has 0 unspecified atom stereocenters. The minimum absolute atomic E-state index is 0.00946. The summed E-state index contributed by atoms with van der Waals surface area (Å²) >= 11 is 7.92. The van der Waals surface area contributed by atoms with Crippen LogP contribution < -0.4 is 0 Å². The van der Waals surface area contributed by atoms with Crippen LogP contribution in [-0.4, -0.2) is 37.2 Å². The molecular weight excluding hydrogens is 400 g/mol. The van der Waals surface area contributed by atoms with E-state index in [1.807, 2.05) is 29.0 Å². The highest BCUT2D eigenvalue weighted by Gasteiger charge is 2.35. The molecule has 0 aliphatic carbocycles. The van der Waals surface area contributed by atoms with E-state index in [1.165, 1.54) is 11.3 Å². The van der Waals surface area contributed by atoms with Crippen molar-refractivity contribution in [3.8, 4) is 22.5 Å². The van der Waals surface area contributed by atoms with Gasteiger partial charge in [0.15, 0.2) is 16.6 Å². The monoisotopic (exact) mass is 416 g/mol. The van der Waals surface area contributed by atoms with E-state index in [2.05, 4.69) is 26.8 Å². The third-order valence-electron chi connectivity index (χ3n) is 4.49. The smallest absolute Gasteiger partial charge is 0.303 e. The van der Waals surface area contributed by atoms with Crippen molar-refractivity contribution >= 4 is 40.1 Å². The third kappa shape index (κ3) is 3.49. The fourth-order valence-electron chi connectivity index (χ4n) is 3.32. The number of aliphatic carboxylic acids is 1. The summed E-state index contributed by atoms with van der Waals surface area (Å²) < 4.78 is 7.80. The summed E-state index contributed by atoms with van der Waals surface area (Å²) in [5, 5.41) is 11.5. The van der Waals surface area contributed by atoms with Crippen molar-refractivity contribution in [3.63, 3.8) is 0 Å². The van der Waals surface area contributed by atoms with Crippen LogP contribution in [0.2, 0.25) is 5.15 Å². The minimum atomic E-state index is -0.857. The molecule has 144 valence electrons. The first-order chi connectivity index (χ1) is 13.6. The second kappa shape index (κ2) is 7.87. The molecule has 0 radical (unpaired) electrons. The number of hydrogen-bond acceptors (Lipinski definition) is 6. The number of ether oxygens (including phenoxy) is 1. The highest BCUT2D eigenvalue weighted by atomic mass is 35.5. The molecule has 9 heteroatoms. The molecule has 1 N–H and O–H groups in total. The first kappa shape index (κ1) is 18.9. The number of carboxylic acids is 1. The number of carbonyl (C=O) groups is 1. The molecule has 4 rings (SSSR count). The summed E-state index contributed by atoms with van der Waals surface area (Å²) in [6, 6.07) is 3.88. The number of hydrogen-bond donors (Lipinski definition) is 1. The van der Waals surface area contributed by atoms with Gasteiger partial charge in [0.05, 0.1) is 11.3 Å². The second-order valence-corrected chi connectivity index (χ2v) is 7.66. The fourth-order valence-corrected chi connectivity index (χ4v) is 4.23. The van der Waals surface area contributed by atoms with Crippen LogP contribution in [0.3, 0.4) is 0 Å². The summed E-state index contributed by atoms with van der Waals surface area (Å²) in [6.45, 7) is 2.42. The molecule has 1 aliphatic rings. The Bertz CT molecular complexity index is 1080. The molecule has 2 atom stereocenters. The Hall–Kier alpha value is -2.47. The third-order valence-corrected chi connectivity index (χ3v) is 5.62. The van der Waals surface area contributed by atoms with Crippen LogP contribution in [0.4, 0.5) is 0 Å². The van der Waals surface area contributed by atoms with E-state index in [1.54, 1.807) is 0 Å². The van der Waals surface area contributed by atoms with Crippen LogP contribution in [0.5, 0.6) is 0 Å². The van der Waals surface area contributed by atoms with E-state index in [0.717, 1.165) is 4.88 Å². The van der Waals surface area contributed by atoms with Crippen LogP contribution in [0.15, 0.2) is 17.5 Å². The molecule has 0 bridgehead atoms. The van der Waals surface area contributed by atoms with Crippen LogP contribution >= 0.6 is 22.9 Å². The van der Waals surface area contributed by atoms with Crippen molar-refractivity contribution in [2.75, 3.05) is 6.61 Å². The lowest BCUT2D eigenvalue weighted by atomic mass is 10.0. The largest absolute Gasteiger partial charge is 0.481 e. The van der Waals surface area contributed by atoms with E-state index in [4.69, 9.17) is 16.3 Å². The molecule has 28 heavy (non-hydrogen) atoms. The number of imidazole rings is 1. The van der Waals surface area contributed by atoms with Gasteiger partial charge in [0.1, 0.15) is 11.7 Å². The summed E-state index contributed by atoms with van der Waals surface area (Å²) in [5.41, 5.74) is 0.961. The SMILES string of the molecule is CCC#Cc1nc(Cl)c2nc(-c3cccs3)n([C@@H]3OCC[C@@H]3CC(=O)O)c2n1. The topological polar surface area (TPSA) is 90.1 Å². The maximum atomic E-state index is 11.3. The predicted molar refractivity (Wildman–Crippen MR) is 106 cm³/mol. The van der Waals surface area contributed by atoms with Crippen molar-refractivity contribution in [1.29, 1.82) is 0 Å². The van der Waals surface area contributed by atoms with E-state index in [9.17, 15) is 9.90 Å². The number of rotatable bonds is 4. The molecule has 0 spiro atoms. The minimum Gasteiger partial charge on any atom is -0.481 e. The summed E-state index contributed by atoms with van der Waals surface area (Å²) in [5.74, 6) is 5.76. The maximum absolute atomic E-state index is 11.3. The van der Waals surface area contributed by atoms with Crippen molar-refractivity contribution in [2.45, 2.75) is 32.4 Å². The molecule has 7 nitrogen and oxygen atoms in total. The molecule has 0 aromatic carbocycles. The van der Waals surface area contributed by atoms with Gasteiger partial charge in [0.2, 0.25) is 5.82 Å². The second-order valence-electron chi connectivity index (χ2n) is 6.36. The lowest BCUT2D eigenvalue weighted by molar-refractivity contribution is -0.139. The number of carboxylic acid groups (broad SMARTS) is 1. The highest BCUT2D eigenvalue weighted by Crippen LogP contribution is 2.40. The highest BCUT2D eigenvalue weighted by molar-refractivity contribution is 7.13. The number of aromatic nitrogens is 4. The Kier molecular flexibility index (Phi) is 5.31. The van der Waals surface area contributed by atoms with Gasteiger partial charge in [0.25, 0.3) is 0 Å². The standard InChI is InChI=1S/C19H17ClN4O3S/c1-2-3-6-13-21-16(20)15-18(22-13)24(17(23-15)12-5-4-9-28-12)19-11(7-8-27-19)10-14(25)26/h4-5,9,11,19H,2,7-8,10H2,1H3,(H,25,26)/t11-,19-/m1/s1. The summed E-state index contributed by atoms with van der Waals surface area (Å²) in [4.78, 5) is 25.7. The van der Waals surface area contributed by atoms with Gasteiger partial charge in [-0.05, 0) is 23.8 Å². The zero-order chi connectivity index (χ0) is 19.7. The Labute approximate surface area is 170 Å². The molecule has 3 aromatic heterocycles. The van der Waals surface area contributed by atoms with Crippen LogP contribution in [-0.2, 0) is 9.53 Å². The summed E-state index contributed by atoms with van der Waals surface area (Å²) in [7, 11) is 0. The fraction of sp³-hybridized carbons (Fsp3) is 0.368. The first-order valence-electron chi connectivity index (χ1n) is 8.90. The Balaban J connectivity index is 1.94. The lowest BCUT2D eigenvalue weighted by Crippen LogP contribution is -2.19. The average Bonchev–Trinajstić information content (AvgIpc) is 3.38. The van der Waals surface area contributed by atoms with E-state index in [-0.39, 0.29) is 17.5 Å². The maximum Gasteiger partial charge on any atom is 0.303 e. The first-order valence-corrected chi connectivity index (χ1v) is 10.2. The van der Waals surface area contributed by atoms with Crippen molar-refractivity contribution in [1.82, 2.24) is 19.5 Å². The molecule has 3 aromatic rings. The van der Waals surface area contributed by atoms with Gasteiger partial charge in [-0.15, -0.1) is 11.3 Å². The zero-order valence-electron chi connectivity index (χ0n) is 15.1. The van der Waals surface area contributed by atoms with Crippen LogP contribution in [0, 0.1) is 17.8 Å². The van der Waals surface area contributed by atoms with E-state index >= 15 is 0 Å². The molecule has 1 fully saturated rings. The molecule has 4 heterocycles. The number of halogens is 1. The van der Waals surface area contributed by atoms with Gasteiger partial charge in [-0.3, -0.25) is 9.36 Å². The number of fused-ring (bicyclic) bond motifs is 1. The van der Waals surface area contributed by atoms with E-state index < -0.39 is 12.2 Å². The van der Waals surface area contributed by atoms with Crippen molar-refractivity contribution < 1.29 is 14.6 Å². The van der Waals surface area contributed by atoms with Gasteiger partial charge in [-0.25, -0.2) is 15.0 Å². The normalized spacial score (nSPS) is 18.9. The average molecular weight is 417 g/mol. The number of thiophene rings is 1. The van der Waals surface area contributed by atoms with Crippen molar-refractivity contribution in [3.05, 3.63) is 28.5 Å². The van der Waals surface area contributed by atoms with Crippen LogP contribution in [0.25, 0.3) is 21.9 Å². The van der Waals surface area contributed by atoms with Gasteiger partial charge < -0.3 is 9.84 Å². The Morgan fingerprint density at radius 3 is 3.04 bits per heavy atom. The van der Waals surface area contributed by atoms with Crippen molar-refractivity contribution in [2.24, 2.45) is 5.92 Å². The van der Waals surface area contributed by atoms with Gasteiger partial charge in [-0.1, -0.05) is 30.5 Å². The quantitative estimate of drug-likeness (QED) is 0.511. The summed E-state index contributed by atoms with van der Waals surface area (Å²) in [6.07, 6.45) is 0.846. The Morgan fingerprint density at radius 1 is 1.46 bits per heavy atom. The molecule has 0 amide bonds. The predicted octanol–water partition coefficient (Wildman–Crippen LogP) is 3.98. The zero-order valence-corrected chi connectivity index (χ0v) is 16.6. The lowest BCUT2D eigenvalue weighted by Gasteiger charge is -2.21. The molecule has 1 saturated heterocycles. The molecule has 0 saturated carbocycles. The molecular formula is C19H17ClN4O3S. The number of nitrogens with zero attached hydrogens (tertiary/aromatic N) is 4. The molecule has 1 aliphatic heterocycles. The van der Waals surface area contributed by atoms with Gasteiger partial charge in [0, 0.05) is 18.9 Å². The van der Waals surface area contributed by atoms with Gasteiger partial charge >= 0.3 is 5.97 Å². The van der Waals surface area contributed by atoms with Crippen LogP contribution in [0.1, 0.15) is 38.2 Å². The van der Waals surface area contributed by atoms with Gasteiger partial charge in [-0.2, -0.15) is 0 Å². The Morgan fingerprint density at radius 2 is 2.32 bits per heavy atom.